The first kappa shape index (κ1) is 8.46. The second-order valence-electron chi connectivity index (χ2n) is 1.22. The van der Waals surface area contributed by atoms with E-state index in [1.54, 1.807) is 0 Å². The molecular weight excluding hydrogens is 163 g/mol. The third-order valence-corrected chi connectivity index (χ3v) is 0.903. The van der Waals surface area contributed by atoms with Crippen LogP contribution in [0.3, 0.4) is 0 Å². The van der Waals surface area contributed by atoms with Gasteiger partial charge in [-0.05, 0) is 11.6 Å². The van der Waals surface area contributed by atoms with Gasteiger partial charge in [-0.3, -0.25) is 9.36 Å². The number of rotatable bonds is 0. The van der Waals surface area contributed by atoms with Gasteiger partial charge in [0.25, 0.3) is 0 Å². The molecule has 9 heavy (non-hydrogen) atoms. The van der Waals surface area contributed by atoms with Crippen molar-refractivity contribution >= 4 is 29.4 Å². The number of nitrogens with zero attached hydrogens (tertiary/aromatic N) is 2. The zero-order valence-electron chi connectivity index (χ0n) is 4.32. The molecule has 50 valence electrons. The maximum Gasteiger partial charge on any atom is 0.325 e. The highest BCUT2D eigenvalue weighted by atomic mass is 35.5. The van der Waals surface area contributed by atoms with Crippen molar-refractivity contribution in [2.45, 2.75) is 0 Å². The predicted octanol–water partition coefficient (Wildman–Crippen LogP) is 1.51. The SMILES string of the molecule is Cl.O=C(Cl)n1ccnc1. The van der Waals surface area contributed by atoms with E-state index < -0.39 is 5.37 Å². The number of imidazole rings is 1. The van der Waals surface area contributed by atoms with Crippen molar-refractivity contribution in [1.29, 1.82) is 0 Å². The van der Waals surface area contributed by atoms with Crippen LogP contribution in [-0.2, 0) is 0 Å². The van der Waals surface area contributed by atoms with Gasteiger partial charge in [0.2, 0.25) is 0 Å². The van der Waals surface area contributed by atoms with Gasteiger partial charge in [0.15, 0.2) is 0 Å². The fraction of sp³-hybridized carbons (Fsp3) is 0. The number of carbonyl (C=O) groups is 1. The first-order valence-corrected chi connectivity index (χ1v) is 2.36. The monoisotopic (exact) mass is 166 g/mol. The molecule has 0 saturated carbocycles. The normalized spacial score (nSPS) is 8.11. The van der Waals surface area contributed by atoms with Crippen LogP contribution in [0.4, 0.5) is 4.79 Å². The summed E-state index contributed by atoms with van der Waals surface area (Å²) in [6, 6.07) is 0. The average molecular weight is 167 g/mol. The molecule has 0 radical (unpaired) electrons. The van der Waals surface area contributed by atoms with Crippen molar-refractivity contribution < 1.29 is 4.79 Å². The lowest BCUT2D eigenvalue weighted by molar-refractivity contribution is 0.261. The van der Waals surface area contributed by atoms with Gasteiger partial charge in [-0.2, -0.15) is 0 Å². The van der Waals surface area contributed by atoms with Gasteiger partial charge in [-0.15, -0.1) is 12.4 Å². The van der Waals surface area contributed by atoms with Gasteiger partial charge in [-0.1, -0.05) is 0 Å². The van der Waals surface area contributed by atoms with Gasteiger partial charge >= 0.3 is 5.37 Å². The molecule has 0 bridgehead atoms. The molecule has 3 nitrogen and oxygen atoms in total. The number of carbonyl (C=O) groups excluding carboxylic acids is 1. The van der Waals surface area contributed by atoms with Crippen molar-refractivity contribution in [2.75, 3.05) is 0 Å². The lowest BCUT2D eigenvalue weighted by Crippen LogP contribution is -1.95. The van der Waals surface area contributed by atoms with Gasteiger partial charge in [0.05, 0.1) is 0 Å². The molecule has 0 saturated heterocycles. The summed E-state index contributed by atoms with van der Waals surface area (Å²) >= 11 is 5.03. The summed E-state index contributed by atoms with van der Waals surface area (Å²) in [6.07, 6.45) is 4.31. The molecule has 1 heterocycles. The Morgan fingerprint density at radius 2 is 2.33 bits per heavy atom. The number of hydrogen-bond acceptors (Lipinski definition) is 2. The van der Waals surface area contributed by atoms with E-state index in [4.69, 9.17) is 11.6 Å². The zero-order chi connectivity index (χ0) is 5.98. The molecule has 0 N–H and O–H groups in total. The van der Waals surface area contributed by atoms with Crippen LogP contribution in [0, 0.1) is 0 Å². The van der Waals surface area contributed by atoms with Crippen LogP contribution in [0.5, 0.6) is 0 Å². The smallest absolute Gasteiger partial charge is 0.263 e. The van der Waals surface area contributed by atoms with E-state index in [2.05, 4.69) is 4.98 Å². The summed E-state index contributed by atoms with van der Waals surface area (Å²) in [5, 5.41) is -0.539. The Bertz CT molecular complexity index is 184. The molecular formula is C4H4Cl2N2O. The summed E-state index contributed by atoms with van der Waals surface area (Å²) < 4.78 is 1.18. The van der Waals surface area contributed by atoms with Crippen molar-refractivity contribution in [3.05, 3.63) is 18.7 Å². The second-order valence-corrected chi connectivity index (χ2v) is 1.55. The highest BCUT2D eigenvalue weighted by Gasteiger charge is 1.93. The van der Waals surface area contributed by atoms with Crippen molar-refractivity contribution in [1.82, 2.24) is 9.55 Å². The largest absolute Gasteiger partial charge is 0.325 e. The third-order valence-electron chi connectivity index (χ3n) is 0.707. The lowest BCUT2D eigenvalue weighted by Gasteiger charge is -1.84. The summed E-state index contributed by atoms with van der Waals surface area (Å²) in [4.78, 5) is 13.8. The number of aromatic nitrogens is 2. The van der Waals surface area contributed by atoms with Gasteiger partial charge in [0, 0.05) is 12.4 Å². The van der Waals surface area contributed by atoms with Crippen LogP contribution in [0.1, 0.15) is 0 Å². The molecule has 1 aromatic rings. The van der Waals surface area contributed by atoms with E-state index >= 15 is 0 Å². The van der Waals surface area contributed by atoms with Crippen LogP contribution < -0.4 is 0 Å². The Labute approximate surface area is 63.1 Å². The van der Waals surface area contributed by atoms with E-state index in [1.807, 2.05) is 0 Å². The molecule has 0 aromatic carbocycles. The molecule has 0 fully saturated rings. The van der Waals surface area contributed by atoms with Gasteiger partial charge in [-0.25, -0.2) is 4.98 Å². The summed E-state index contributed by atoms with van der Waals surface area (Å²) in [5.41, 5.74) is 0. The highest BCUT2D eigenvalue weighted by Crippen LogP contribution is 1.89. The Morgan fingerprint density at radius 1 is 1.67 bits per heavy atom. The zero-order valence-corrected chi connectivity index (χ0v) is 5.89. The van der Waals surface area contributed by atoms with Crippen molar-refractivity contribution in [2.24, 2.45) is 0 Å². The molecule has 1 aromatic heterocycles. The van der Waals surface area contributed by atoms with Crippen LogP contribution in [0.25, 0.3) is 0 Å². The maximum absolute atomic E-state index is 10.2. The first-order chi connectivity index (χ1) is 3.80. The van der Waals surface area contributed by atoms with E-state index in [0.717, 1.165) is 0 Å². The molecule has 0 spiro atoms. The minimum Gasteiger partial charge on any atom is -0.263 e. The molecule has 0 amide bonds. The van der Waals surface area contributed by atoms with Crippen LogP contribution in [0.15, 0.2) is 18.7 Å². The van der Waals surface area contributed by atoms with E-state index in [1.165, 1.54) is 23.3 Å². The lowest BCUT2D eigenvalue weighted by atomic mass is 10.9. The molecule has 5 heteroatoms. The van der Waals surface area contributed by atoms with Crippen LogP contribution in [-0.4, -0.2) is 14.9 Å². The average Bonchev–Trinajstić information content (AvgIpc) is 2.12. The number of halogens is 2. The Hall–Kier alpha value is -0.540. The second kappa shape index (κ2) is 3.48. The van der Waals surface area contributed by atoms with Gasteiger partial charge < -0.3 is 0 Å². The van der Waals surface area contributed by atoms with E-state index in [-0.39, 0.29) is 12.4 Å². The Kier molecular flexibility index (Phi) is 3.27. The maximum atomic E-state index is 10.2. The fourth-order valence-electron chi connectivity index (χ4n) is 0.363. The highest BCUT2D eigenvalue weighted by molar-refractivity contribution is 6.63. The summed E-state index contributed by atoms with van der Waals surface area (Å²) in [7, 11) is 0. The van der Waals surface area contributed by atoms with E-state index in [0.29, 0.717) is 0 Å². The number of hydrogen-bond donors (Lipinski definition) is 0. The van der Waals surface area contributed by atoms with Crippen LogP contribution >= 0.6 is 24.0 Å². The van der Waals surface area contributed by atoms with Crippen molar-refractivity contribution in [3.8, 4) is 0 Å². The molecule has 0 aliphatic heterocycles. The molecule has 0 atom stereocenters. The van der Waals surface area contributed by atoms with Gasteiger partial charge in [0.1, 0.15) is 6.33 Å². The minimum absolute atomic E-state index is 0. The topological polar surface area (TPSA) is 34.9 Å². The minimum atomic E-state index is -0.539. The summed E-state index contributed by atoms with van der Waals surface area (Å²) in [6.45, 7) is 0. The molecule has 0 aliphatic rings. The fourth-order valence-corrected chi connectivity index (χ4v) is 0.463. The molecule has 0 unspecified atom stereocenters. The van der Waals surface area contributed by atoms with Crippen molar-refractivity contribution in [3.63, 3.8) is 0 Å². The van der Waals surface area contributed by atoms with Crippen LogP contribution in [0.2, 0.25) is 0 Å². The first-order valence-electron chi connectivity index (χ1n) is 1.98. The molecule has 0 aliphatic carbocycles. The molecule has 1 rings (SSSR count). The Morgan fingerprint density at radius 3 is 2.56 bits per heavy atom. The third kappa shape index (κ3) is 2.03. The standard InChI is InChI=1S/C4H3ClN2O.ClH/c5-4(8)7-2-1-6-3-7;/h1-3H;1H. The summed E-state index contributed by atoms with van der Waals surface area (Å²) in [5.74, 6) is 0. The Balaban J connectivity index is 0.000000640. The predicted molar refractivity (Wildman–Crippen MR) is 36.1 cm³/mol. The quantitative estimate of drug-likeness (QED) is 0.549. The van der Waals surface area contributed by atoms with E-state index in [9.17, 15) is 4.79 Å².